The number of alkyl halides is 3. The quantitative estimate of drug-likeness (QED) is 0.915. The molecular formula is C16H15F3N4O2. The zero-order valence-corrected chi connectivity index (χ0v) is 13.1. The molecule has 1 N–H and O–H groups in total. The number of carbonyl (C=O) groups is 1. The second-order valence-electron chi connectivity index (χ2n) is 5.48. The summed E-state index contributed by atoms with van der Waals surface area (Å²) in [6.07, 6.45) is -1.27. The maximum absolute atomic E-state index is 12.3. The van der Waals surface area contributed by atoms with Crippen molar-refractivity contribution in [2.24, 2.45) is 0 Å². The van der Waals surface area contributed by atoms with Crippen LogP contribution in [0, 0.1) is 0 Å². The van der Waals surface area contributed by atoms with E-state index in [9.17, 15) is 18.0 Å². The first kappa shape index (κ1) is 17.0. The lowest BCUT2D eigenvalue weighted by atomic mass is 10.3. The van der Waals surface area contributed by atoms with Crippen molar-refractivity contribution in [1.29, 1.82) is 0 Å². The molecular weight excluding hydrogens is 337 g/mol. The molecule has 9 heteroatoms. The monoisotopic (exact) mass is 352 g/mol. The van der Waals surface area contributed by atoms with E-state index in [-0.39, 0.29) is 11.4 Å². The topological polar surface area (TPSA) is 67.3 Å². The Morgan fingerprint density at radius 3 is 2.44 bits per heavy atom. The average Bonchev–Trinajstić information content (AvgIpc) is 3.10. The number of ether oxygens (including phenoxy) is 1. The zero-order valence-electron chi connectivity index (χ0n) is 13.1. The fourth-order valence-corrected chi connectivity index (χ4v) is 2.53. The normalized spacial score (nSPS) is 14.4. The number of hydrogen-bond acceptors (Lipinski definition) is 5. The van der Waals surface area contributed by atoms with Gasteiger partial charge in [0.2, 0.25) is 0 Å². The van der Waals surface area contributed by atoms with Crippen LogP contribution in [0.25, 0.3) is 0 Å². The molecule has 0 saturated carbocycles. The Kier molecular flexibility index (Phi) is 4.73. The third kappa shape index (κ3) is 4.59. The van der Waals surface area contributed by atoms with Crippen LogP contribution in [-0.4, -0.2) is 35.3 Å². The number of halogens is 3. The predicted molar refractivity (Wildman–Crippen MR) is 84.6 cm³/mol. The molecule has 1 aliphatic heterocycles. The molecule has 1 fully saturated rings. The SMILES string of the molecule is O=C(Nc1ccc(OC(F)(F)F)cc1)c1cc(N2CCCC2)ncn1. The Morgan fingerprint density at radius 1 is 1.12 bits per heavy atom. The van der Waals surface area contributed by atoms with Gasteiger partial charge >= 0.3 is 6.36 Å². The van der Waals surface area contributed by atoms with E-state index >= 15 is 0 Å². The number of hydrogen-bond donors (Lipinski definition) is 1. The van der Waals surface area contributed by atoms with Crippen LogP contribution in [0.3, 0.4) is 0 Å². The van der Waals surface area contributed by atoms with Gasteiger partial charge in [-0.05, 0) is 37.1 Å². The van der Waals surface area contributed by atoms with Crippen LogP contribution in [0.4, 0.5) is 24.7 Å². The molecule has 1 amide bonds. The van der Waals surface area contributed by atoms with Crippen LogP contribution in [-0.2, 0) is 0 Å². The molecule has 1 saturated heterocycles. The van der Waals surface area contributed by atoms with Crippen molar-refractivity contribution in [3.05, 3.63) is 42.4 Å². The molecule has 0 radical (unpaired) electrons. The smallest absolute Gasteiger partial charge is 0.406 e. The van der Waals surface area contributed by atoms with Gasteiger partial charge in [-0.25, -0.2) is 9.97 Å². The first-order chi connectivity index (χ1) is 11.9. The van der Waals surface area contributed by atoms with Crippen LogP contribution in [0.5, 0.6) is 5.75 Å². The van der Waals surface area contributed by atoms with Gasteiger partial charge in [0.15, 0.2) is 0 Å². The van der Waals surface area contributed by atoms with Gasteiger partial charge in [-0.3, -0.25) is 4.79 Å². The molecule has 1 aliphatic rings. The maximum atomic E-state index is 12.3. The number of amides is 1. The van der Waals surface area contributed by atoms with E-state index in [1.165, 1.54) is 18.5 Å². The fraction of sp³-hybridized carbons (Fsp3) is 0.312. The zero-order chi connectivity index (χ0) is 17.9. The summed E-state index contributed by atoms with van der Waals surface area (Å²) in [5, 5.41) is 2.58. The Balaban J connectivity index is 1.66. The Bertz CT molecular complexity index is 744. The van der Waals surface area contributed by atoms with Crippen LogP contribution in [0.2, 0.25) is 0 Å². The number of nitrogens with one attached hydrogen (secondary N) is 1. The van der Waals surface area contributed by atoms with Crippen molar-refractivity contribution in [3.8, 4) is 5.75 Å². The lowest BCUT2D eigenvalue weighted by molar-refractivity contribution is -0.274. The van der Waals surface area contributed by atoms with Crippen LogP contribution in [0.15, 0.2) is 36.7 Å². The summed E-state index contributed by atoms with van der Waals surface area (Å²) in [4.78, 5) is 22.5. The van der Waals surface area contributed by atoms with Gasteiger partial charge in [0.1, 0.15) is 23.6 Å². The number of aromatic nitrogens is 2. The van der Waals surface area contributed by atoms with E-state index in [1.807, 2.05) is 0 Å². The molecule has 0 atom stereocenters. The van der Waals surface area contributed by atoms with Crippen molar-refractivity contribution in [2.75, 3.05) is 23.3 Å². The second kappa shape index (κ2) is 6.96. The average molecular weight is 352 g/mol. The first-order valence-corrected chi connectivity index (χ1v) is 7.65. The molecule has 3 rings (SSSR count). The first-order valence-electron chi connectivity index (χ1n) is 7.65. The predicted octanol–water partition coefficient (Wildman–Crippen LogP) is 3.23. The number of anilines is 2. The molecule has 6 nitrogen and oxygen atoms in total. The van der Waals surface area contributed by atoms with Gasteiger partial charge in [0.25, 0.3) is 5.91 Å². The highest BCUT2D eigenvalue weighted by Crippen LogP contribution is 2.24. The van der Waals surface area contributed by atoms with Gasteiger partial charge in [-0.15, -0.1) is 13.2 Å². The van der Waals surface area contributed by atoms with Gasteiger partial charge in [-0.2, -0.15) is 0 Å². The molecule has 0 spiro atoms. The van der Waals surface area contributed by atoms with Crippen LogP contribution < -0.4 is 15.0 Å². The largest absolute Gasteiger partial charge is 0.573 e. The standard InChI is InChI=1S/C16H15F3N4O2/c17-16(18,19)25-12-5-3-11(4-6-12)22-15(24)13-9-14(21-10-20-13)23-7-1-2-8-23/h3-6,9-10H,1-2,7-8H2,(H,22,24). The highest BCUT2D eigenvalue weighted by Gasteiger charge is 2.31. The summed E-state index contributed by atoms with van der Waals surface area (Å²) < 4.78 is 40.2. The lowest BCUT2D eigenvalue weighted by Gasteiger charge is -2.16. The highest BCUT2D eigenvalue weighted by atomic mass is 19.4. The second-order valence-corrected chi connectivity index (χ2v) is 5.48. The van der Waals surface area contributed by atoms with Crippen molar-refractivity contribution < 1.29 is 22.7 Å². The van der Waals surface area contributed by atoms with Gasteiger partial charge in [-0.1, -0.05) is 0 Å². The molecule has 1 aromatic heterocycles. The highest BCUT2D eigenvalue weighted by molar-refractivity contribution is 6.03. The van der Waals surface area contributed by atoms with Crippen molar-refractivity contribution in [2.45, 2.75) is 19.2 Å². The number of rotatable bonds is 4. The van der Waals surface area contributed by atoms with Gasteiger partial charge in [0.05, 0.1) is 0 Å². The molecule has 0 unspecified atom stereocenters. The Hall–Kier alpha value is -2.84. The summed E-state index contributed by atoms with van der Waals surface area (Å²) in [5.41, 5.74) is 0.522. The van der Waals surface area contributed by atoms with Crippen molar-refractivity contribution in [3.63, 3.8) is 0 Å². The minimum Gasteiger partial charge on any atom is -0.406 e. The molecule has 132 valence electrons. The summed E-state index contributed by atoms with van der Waals surface area (Å²) in [5.74, 6) is -0.136. The molecule has 0 bridgehead atoms. The summed E-state index contributed by atoms with van der Waals surface area (Å²) in [6, 6.07) is 6.49. The molecule has 2 heterocycles. The lowest BCUT2D eigenvalue weighted by Crippen LogP contribution is -2.21. The summed E-state index contributed by atoms with van der Waals surface area (Å²) in [6.45, 7) is 1.78. The minimum absolute atomic E-state index is 0.188. The number of benzene rings is 1. The Morgan fingerprint density at radius 2 is 1.80 bits per heavy atom. The van der Waals surface area contributed by atoms with Crippen molar-refractivity contribution >= 4 is 17.4 Å². The van der Waals surface area contributed by atoms with E-state index in [1.54, 1.807) is 6.07 Å². The molecule has 0 aliphatic carbocycles. The molecule has 1 aromatic carbocycles. The summed E-state index contributed by atoms with van der Waals surface area (Å²) >= 11 is 0. The number of nitrogens with zero attached hydrogens (tertiary/aromatic N) is 3. The summed E-state index contributed by atoms with van der Waals surface area (Å²) in [7, 11) is 0. The molecule has 2 aromatic rings. The third-order valence-electron chi connectivity index (χ3n) is 3.66. The molecule has 25 heavy (non-hydrogen) atoms. The number of carbonyl (C=O) groups excluding carboxylic acids is 1. The third-order valence-corrected chi connectivity index (χ3v) is 3.66. The van der Waals surface area contributed by atoms with E-state index in [0.29, 0.717) is 11.5 Å². The van der Waals surface area contributed by atoms with Crippen LogP contribution in [0.1, 0.15) is 23.3 Å². The maximum Gasteiger partial charge on any atom is 0.573 e. The van der Waals surface area contributed by atoms with Gasteiger partial charge < -0.3 is 15.0 Å². The van der Waals surface area contributed by atoms with E-state index < -0.39 is 12.3 Å². The van der Waals surface area contributed by atoms with E-state index in [4.69, 9.17) is 0 Å². The van der Waals surface area contributed by atoms with Gasteiger partial charge in [0, 0.05) is 24.8 Å². The van der Waals surface area contributed by atoms with E-state index in [0.717, 1.165) is 38.1 Å². The minimum atomic E-state index is -4.75. The fourth-order valence-electron chi connectivity index (χ4n) is 2.53. The van der Waals surface area contributed by atoms with Crippen LogP contribution >= 0.6 is 0 Å². The Labute approximate surface area is 141 Å². The van der Waals surface area contributed by atoms with Crippen molar-refractivity contribution in [1.82, 2.24) is 9.97 Å². The van der Waals surface area contributed by atoms with E-state index in [2.05, 4.69) is 24.9 Å².